The predicted molar refractivity (Wildman–Crippen MR) is 83.2 cm³/mol. The molecule has 6 nitrogen and oxygen atoms in total. The molecule has 0 aromatic heterocycles. The van der Waals surface area contributed by atoms with E-state index in [1.807, 2.05) is 6.92 Å². The Morgan fingerprint density at radius 1 is 1.36 bits per heavy atom. The summed E-state index contributed by atoms with van der Waals surface area (Å²) in [6.07, 6.45) is 0.0853. The number of carboxylic acid groups (broad SMARTS) is 1. The second-order valence-corrected chi connectivity index (χ2v) is 6.01. The number of carbonyl (C=O) groups excluding carboxylic acids is 2. The number of carboxylic acids is 1. The van der Waals surface area contributed by atoms with Gasteiger partial charge in [-0.15, -0.1) is 11.8 Å². The number of imide groups is 1. The van der Waals surface area contributed by atoms with E-state index >= 15 is 0 Å². The van der Waals surface area contributed by atoms with Crippen molar-refractivity contribution >= 4 is 35.2 Å². The summed E-state index contributed by atoms with van der Waals surface area (Å²) in [4.78, 5) is 36.0. The molecule has 0 bridgehead atoms. The summed E-state index contributed by atoms with van der Waals surface area (Å²) in [6, 6.07) is 6.77. The molecular formula is C15H17NO5S. The summed E-state index contributed by atoms with van der Waals surface area (Å²) in [5, 5.41) is 8.12. The maximum atomic E-state index is 12.3. The minimum atomic E-state index is -0.910. The van der Waals surface area contributed by atoms with Crippen molar-refractivity contribution in [3.8, 4) is 5.75 Å². The second kappa shape index (κ2) is 7.31. The molecular weight excluding hydrogens is 306 g/mol. The molecule has 1 unspecified atom stereocenters. The molecule has 0 spiro atoms. The number of nitrogens with zero attached hydrogens (tertiary/aromatic N) is 1. The molecule has 1 aromatic rings. The van der Waals surface area contributed by atoms with Gasteiger partial charge in [0, 0.05) is 12.2 Å². The molecule has 1 aromatic carbocycles. The summed E-state index contributed by atoms with van der Waals surface area (Å²) in [6.45, 7) is 2.42. The van der Waals surface area contributed by atoms with E-state index in [1.54, 1.807) is 24.3 Å². The van der Waals surface area contributed by atoms with Gasteiger partial charge in [-0.3, -0.25) is 14.4 Å². The molecule has 1 atom stereocenters. The summed E-state index contributed by atoms with van der Waals surface area (Å²) >= 11 is 1.22. The van der Waals surface area contributed by atoms with Crippen LogP contribution in [0.1, 0.15) is 19.8 Å². The van der Waals surface area contributed by atoms with Crippen molar-refractivity contribution in [2.45, 2.75) is 25.0 Å². The van der Waals surface area contributed by atoms with E-state index in [0.717, 1.165) is 4.90 Å². The van der Waals surface area contributed by atoms with E-state index in [-0.39, 0.29) is 24.7 Å². The van der Waals surface area contributed by atoms with E-state index < -0.39 is 11.2 Å². The van der Waals surface area contributed by atoms with Crippen molar-refractivity contribution in [2.75, 3.05) is 17.3 Å². The minimum Gasteiger partial charge on any atom is -0.494 e. The number of benzene rings is 1. The van der Waals surface area contributed by atoms with Crippen molar-refractivity contribution in [2.24, 2.45) is 0 Å². The van der Waals surface area contributed by atoms with Crippen molar-refractivity contribution in [3.63, 3.8) is 0 Å². The Morgan fingerprint density at radius 3 is 2.64 bits per heavy atom. The average molecular weight is 323 g/mol. The Labute approximate surface area is 132 Å². The van der Waals surface area contributed by atoms with Crippen LogP contribution in [0.15, 0.2) is 24.3 Å². The monoisotopic (exact) mass is 323 g/mol. The van der Waals surface area contributed by atoms with Crippen molar-refractivity contribution in [1.29, 1.82) is 0 Å². The van der Waals surface area contributed by atoms with Crippen LogP contribution in [0.2, 0.25) is 0 Å². The highest BCUT2D eigenvalue weighted by atomic mass is 32.2. The lowest BCUT2D eigenvalue weighted by molar-refractivity contribution is -0.136. The molecule has 118 valence electrons. The number of hydrogen-bond donors (Lipinski definition) is 1. The third-order valence-corrected chi connectivity index (χ3v) is 4.36. The van der Waals surface area contributed by atoms with Crippen LogP contribution in [0.3, 0.4) is 0 Å². The van der Waals surface area contributed by atoms with Crippen LogP contribution >= 0.6 is 11.8 Å². The van der Waals surface area contributed by atoms with Gasteiger partial charge in [0.1, 0.15) is 5.75 Å². The fourth-order valence-electron chi connectivity index (χ4n) is 2.15. The van der Waals surface area contributed by atoms with Crippen molar-refractivity contribution in [3.05, 3.63) is 24.3 Å². The van der Waals surface area contributed by atoms with Crippen LogP contribution in [0.4, 0.5) is 5.69 Å². The minimum absolute atomic E-state index is 0.0221. The third-order valence-electron chi connectivity index (χ3n) is 3.15. The molecule has 1 saturated heterocycles. The number of amides is 2. The van der Waals surface area contributed by atoms with E-state index in [0.29, 0.717) is 23.8 Å². The Morgan fingerprint density at radius 2 is 2.05 bits per heavy atom. The van der Waals surface area contributed by atoms with E-state index in [1.165, 1.54) is 11.8 Å². The highest BCUT2D eigenvalue weighted by molar-refractivity contribution is 8.00. The SMILES string of the molecule is CCOc1ccc(N2C(=O)CC(SCCC(=O)O)C2=O)cc1. The Balaban J connectivity index is 2.03. The fourth-order valence-corrected chi connectivity index (χ4v) is 3.24. The third kappa shape index (κ3) is 3.79. The Kier molecular flexibility index (Phi) is 5.43. The lowest BCUT2D eigenvalue weighted by Gasteiger charge is -2.15. The molecule has 0 saturated carbocycles. The number of anilines is 1. The number of hydrogen-bond acceptors (Lipinski definition) is 5. The number of ether oxygens (including phenoxy) is 1. The van der Waals surface area contributed by atoms with Crippen LogP contribution in [0, 0.1) is 0 Å². The predicted octanol–water partition coefficient (Wildman–Crippen LogP) is 1.93. The Hall–Kier alpha value is -2.02. The molecule has 2 amide bonds. The average Bonchev–Trinajstić information content (AvgIpc) is 2.75. The van der Waals surface area contributed by atoms with Crippen LogP contribution < -0.4 is 9.64 Å². The molecule has 1 heterocycles. The van der Waals surface area contributed by atoms with Gasteiger partial charge in [-0.1, -0.05) is 0 Å². The molecule has 0 radical (unpaired) electrons. The van der Waals surface area contributed by atoms with Crippen LogP contribution in [-0.2, 0) is 14.4 Å². The first-order valence-corrected chi connectivity index (χ1v) is 8.01. The molecule has 2 rings (SSSR count). The van der Waals surface area contributed by atoms with E-state index in [2.05, 4.69) is 0 Å². The van der Waals surface area contributed by atoms with Gasteiger partial charge in [0.05, 0.1) is 24.0 Å². The van der Waals surface area contributed by atoms with Gasteiger partial charge in [-0.2, -0.15) is 0 Å². The quantitative estimate of drug-likeness (QED) is 0.772. The lowest BCUT2D eigenvalue weighted by Crippen LogP contribution is -2.31. The summed E-state index contributed by atoms with van der Waals surface area (Å²) in [7, 11) is 0. The zero-order valence-electron chi connectivity index (χ0n) is 12.2. The van der Waals surface area contributed by atoms with Gasteiger partial charge in [0.2, 0.25) is 11.8 Å². The van der Waals surface area contributed by atoms with Crippen LogP contribution in [0.25, 0.3) is 0 Å². The molecule has 1 N–H and O–H groups in total. The fraction of sp³-hybridized carbons (Fsp3) is 0.400. The van der Waals surface area contributed by atoms with Crippen LogP contribution in [-0.4, -0.2) is 40.5 Å². The standard InChI is InChI=1S/C15H17NO5S/c1-2-21-11-5-3-10(4-6-11)16-13(17)9-12(15(16)20)22-8-7-14(18)19/h3-6,12H,2,7-9H2,1H3,(H,18,19). The smallest absolute Gasteiger partial charge is 0.304 e. The second-order valence-electron chi connectivity index (χ2n) is 4.70. The van der Waals surface area contributed by atoms with Crippen molar-refractivity contribution in [1.82, 2.24) is 0 Å². The summed E-state index contributed by atoms with van der Waals surface area (Å²) in [5.74, 6) is -0.465. The van der Waals surface area contributed by atoms with Crippen LogP contribution in [0.5, 0.6) is 5.75 Å². The van der Waals surface area contributed by atoms with Gasteiger partial charge < -0.3 is 9.84 Å². The maximum absolute atomic E-state index is 12.3. The molecule has 1 fully saturated rings. The number of carbonyl (C=O) groups is 3. The number of thioether (sulfide) groups is 1. The largest absolute Gasteiger partial charge is 0.494 e. The summed E-state index contributed by atoms with van der Waals surface area (Å²) < 4.78 is 5.33. The molecule has 22 heavy (non-hydrogen) atoms. The lowest BCUT2D eigenvalue weighted by atomic mass is 10.3. The van der Waals surface area contributed by atoms with Gasteiger partial charge in [-0.25, -0.2) is 4.90 Å². The number of rotatable bonds is 7. The first-order valence-electron chi connectivity index (χ1n) is 6.96. The first-order chi connectivity index (χ1) is 10.5. The Bertz CT molecular complexity index is 572. The molecule has 1 aliphatic rings. The highest BCUT2D eigenvalue weighted by Gasteiger charge is 2.39. The summed E-state index contributed by atoms with van der Waals surface area (Å²) in [5.41, 5.74) is 0.514. The van der Waals surface area contributed by atoms with Gasteiger partial charge in [0.25, 0.3) is 0 Å². The van der Waals surface area contributed by atoms with E-state index in [4.69, 9.17) is 9.84 Å². The zero-order chi connectivity index (χ0) is 16.1. The van der Waals surface area contributed by atoms with Gasteiger partial charge >= 0.3 is 5.97 Å². The molecule has 1 aliphatic heterocycles. The maximum Gasteiger partial charge on any atom is 0.304 e. The molecule has 0 aliphatic carbocycles. The van der Waals surface area contributed by atoms with Crippen molar-refractivity contribution < 1.29 is 24.2 Å². The first kappa shape index (κ1) is 16.4. The van der Waals surface area contributed by atoms with E-state index in [9.17, 15) is 14.4 Å². The zero-order valence-corrected chi connectivity index (χ0v) is 13.0. The highest BCUT2D eigenvalue weighted by Crippen LogP contribution is 2.30. The normalized spacial score (nSPS) is 17.9. The molecule has 7 heteroatoms. The number of aliphatic carboxylic acids is 1. The topological polar surface area (TPSA) is 83.9 Å². The van der Waals surface area contributed by atoms with Gasteiger partial charge in [-0.05, 0) is 31.2 Å². The van der Waals surface area contributed by atoms with Gasteiger partial charge in [0.15, 0.2) is 0 Å².